The summed E-state index contributed by atoms with van der Waals surface area (Å²) in [6.07, 6.45) is 0.954. The number of rotatable bonds is 5. The van der Waals surface area contributed by atoms with Gasteiger partial charge >= 0.3 is 0 Å². The summed E-state index contributed by atoms with van der Waals surface area (Å²) < 4.78 is 25.0. The molecular weight excluding hydrogens is 322 g/mol. The third kappa shape index (κ3) is 5.51. The highest BCUT2D eigenvalue weighted by molar-refractivity contribution is 7.92. The van der Waals surface area contributed by atoms with E-state index in [1.54, 1.807) is 27.7 Å². The fourth-order valence-electron chi connectivity index (χ4n) is 1.95. The molecule has 128 valence electrons. The Kier molecular flexibility index (Phi) is 5.36. The summed E-state index contributed by atoms with van der Waals surface area (Å²) in [5, 5.41) is 13.6. The molecule has 0 aromatic heterocycles. The van der Waals surface area contributed by atoms with Crippen molar-refractivity contribution in [1.82, 2.24) is 5.32 Å². The molecule has 0 aliphatic carbocycles. The quantitative estimate of drug-likeness (QED) is 0.645. The lowest BCUT2D eigenvalue weighted by Gasteiger charge is -2.26. The molecule has 0 unspecified atom stereocenters. The first kappa shape index (κ1) is 18.9. The first-order chi connectivity index (χ1) is 10.3. The Morgan fingerprint density at radius 2 is 1.91 bits per heavy atom. The Bertz CT molecular complexity index is 722. The number of nitrogens with zero attached hydrogens (tertiary/aromatic N) is 2. The van der Waals surface area contributed by atoms with Crippen LogP contribution in [0, 0.1) is 17.0 Å². The largest absolute Gasteiger partial charge is 0.350 e. The number of hydrogen-bond donors (Lipinski definition) is 1. The standard InChI is InChI=1S/C14H21N3O5S/c1-10-6-7-11(17(19)20)8-12(10)16(23(5,21)22)9-13(18)15-14(2,3)4/h6-8H,9H2,1-5H3,(H,15,18). The molecule has 0 aliphatic heterocycles. The second kappa shape index (κ2) is 6.53. The predicted octanol–water partition coefficient (Wildman–Crippen LogP) is 1.58. The number of anilines is 1. The lowest BCUT2D eigenvalue weighted by atomic mass is 10.1. The molecule has 0 spiro atoms. The van der Waals surface area contributed by atoms with E-state index in [4.69, 9.17) is 0 Å². The van der Waals surface area contributed by atoms with E-state index in [2.05, 4.69) is 5.32 Å². The number of amides is 1. The summed E-state index contributed by atoms with van der Waals surface area (Å²) >= 11 is 0. The second-order valence-electron chi connectivity index (χ2n) is 6.30. The lowest BCUT2D eigenvalue weighted by Crippen LogP contribution is -2.47. The Morgan fingerprint density at radius 3 is 2.35 bits per heavy atom. The molecule has 0 atom stereocenters. The number of non-ortho nitro benzene ring substituents is 1. The van der Waals surface area contributed by atoms with Crippen molar-refractivity contribution < 1.29 is 18.1 Å². The number of sulfonamides is 1. The minimum Gasteiger partial charge on any atom is -0.350 e. The van der Waals surface area contributed by atoms with Crippen LogP contribution in [0.5, 0.6) is 0 Å². The van der Waals surface area contributed by atoms with Gasteiger partial charge in [-0.05, 0) is 33.3 Å². The Labute approximate surface area is 135 Å². The fourth-order valence-corrected chi connectivity index (χ4v) is 2.86. The number of aryl methyl sites for hydroxylation is 1. The summed E-state index contributed by atoms with van der Waals surface area (Å²) in [6.45, 7) is 6.49. The van der Waals surface area contributed by atoms with Gasteiger partial charge in [0.1, 0.15) is 6.54 Å². The maximum absolute atomic E-state index is 12.1. The molecule has 1 amide bonds. The fraction of sp³-hybridized carbons (Fsp3) is 0.500. The minimum absolute atomic E-state index is 0.116. The topological polar surface area (TPSA) is 110 Å². The molecular formula is C14H21N3O5S. The maximum atomic E-state index is 12.1. The van der Waals surface area contributed by atoms with E-state index in [0.29, 0.717) is 5.56 Å². The number of hydrogen-bond acceptors (Lipinski definition) is 5. The van der Waals surface area contributed by atoms with Gasteiger partial charge in [0.15, 0.2) is 0 Å². The summed E-state index contributed by atoms with van der Waals surface area (Å²) in [6, 6.07) is 3.89. The Morgan fingerprint density at radius 1 is 1.35 bits per heavy atom. The van der Waals surface area contributed by atoms with Crippen LogP contribution in [0.1, 0.15) is 26.3 Å². The third-order valence-corrected chi connectivity index (χ3v) is 4.00. The molecule has 1 N–H and O–H groups in total. The summed E-state index contributed by atoms with van der Waals surface area (Å²) in [5.74, 6) is -0.492. The second-order valence-corrected chi connectivity index (χ2v) is 8.20. The molecule has 0 heterocycles. The van der Waals surface area contributed by atoms with Crippen LogP contribution < -0.4 is 9.62 Å². The summed E-state index contributed by atoms with van der Waals surface area (Å²) in [5.41, 5.74) is -0.122. The van der Waals surface area contributed by atoms with Gasteiger partial charge < -0.3 is 5.32 Å². The molecule has 0 radical (unpaired) electrons. The van der Waals surface area contributed by atoms with Crippen LogP contribution in [-0.2, 0) is 14.8 Å². The summed E-state index contributed by atoms with van der Waals surface area (Å²) in [7, 11) is -3.78. The van der Waals surface area contributed by atoms with E-state index in [9.17, 15) is 23.3 Å². The molecule has 0 saturated carbocycles. The van der Waals surface area contributed by atoms with Crippen molar-refractivity contribution in [3.63, 3.8) is 0 Å². The van der Waals surface area contributed by atoms with E-state index >= 15 is 0 Å². The van der Waals surface area contributed by atoms with E-state index in [1.165, 1.54) is 12.1 Å². The lowest BCUT2D eigenvalue weighted by molar-refractivity contribution is -0.384. The highest BCUT2D eigenvalue weighted by Gasteiger charge is 2.25. The van der Waals surface area contributed by atoms with Gasteiger partial charge in [-0.3, -0.25) is 19.2 Å². The average molecular weight is 343 g/mol. The predicted molar refractivity (Wildman–Crippen MR) is 87.9 cm³/mol. The van der Waals surface area contributed by atoms with Crippen LogP contribution in [0.2, 0.25) is 0 Å². The highest BCUT2D eigenvalue weighted by Crippen LogP contribution is 2.27. The molecule has 23 heavy (non-hydrogen) atoms. The van der Waals surface area contributed by atoms with Crippen LogP contribution in [0.3, 0.4) is 0 Å². The third-order valence-electron chi connectivity index (χ3n) is 2.87. The normalized spacial score (nSPS) is 11.9. The van der Waals surface area contributed by atoms with Gasteiger partial charge in [-0.2, -0.15) is 0 Å². The SMILES string of the molecule is Cc1ccc([N+](=O)[O-])cc1N(CC(=O)NC(C)(C)C)S(C)(=O)=O. The van der Waals surface area contributed by atoms with E-state index in [0.717, 1.165) is 16.6 Å². The Balaban J connectivity index is 3.26. The molecule has 0 aliphatic rings. The van der Waals surface area contributed by atoms with Gasteiger partial charge in [-0.25, -0.2) is 8.42 Å². The first-order valence-corrected chi connectivity index (χ1v) is 8.70. The zero-order valence-electron chi connectivity index (χ0n) is 13.8. The van der Waals surface area contributed by atoms with Gasteiger partial charge in [0, 0.05) is 17.7 Å². The number of nitrogens with one attached hydrogen (secondary N) is 1. The molecule has 8 nitrogen and oxygen atoms in total. The highest BCUT2D eigenvalue weighted by atomic mass is 32.2. The monoisotopic (exact) mass is 343 g/mol. The Hall–Kier alpha value is -2.16. The van der Waals surface area contributed by atoms with Crippen molar-refractivity contribution in [2.45, 2.75) is 33.2 Å². The number of nitro groups is 1. The first-order valence-electron chi connectivity index (χ1n) is 6.85. The van der Waals surface area contributed by atoms with Crippen molar-refractivity contribution in [2.24, 2.45) is 0 Å². The molecule has 1 aromatic rings. The molecule has 1 aromatic carbocycles. The molecule has 0 fully saturated rings. The van der Waals surface area contributed by atoms with Crippen LogP contribution in [-0.4, -0.2) is 37.6 Å². The smallest absolute Gasteiger partial charge is 0.271 e. The number of carbonyl (C=O) groups is 1. The molecule has 9 heteroatoms. The van der Waals surface area contributed by atoms with Gasteiger partial charge in [-0.1, -0.05) is 6.07 Å². The van der Waals surface area contributed by atoms with Gasteiger partial charge in [0.25, 0.3) is 5.69 Å². The van der Waals surface area contributed by atoms with Crippen LogP contribution >= 0.6 is 0 Å². The maximum Gasteiger partial charge on any atom is 0.271 e. The van der Waals surface area contributed by atoms with E-state index in [-0.39, 0.29) is 11.4 Å². The van der Waals surface area contributed by atoms with Crippen LogP contribution in [0.4, 0.5) is 11.4 Å². The molecule has 0 bridgehead atoms. The number of nitro benzene ring substituents is 1. The van der Waals surface area contributed by atoms with Crippen molar-refractivity contribution in [3.05, 3.63) is 33.9 Å². The van der Waals surface area contributed by atoms with Crippen LogP contribution in [0.15, 0.2) is 18.2 Å². The van der Waals surface area contributed by atoms with Crippen molar-refractivity contribution in [3.8, 4) is 0 Å². The van der Waals surface area contributed by atoms with E-state index in [1.807, 2.05) is 0 Å². The van der Waals surface area contributed by atoms with Gasteiger partial charge in [0.05, 0.1) is 16.9 Å². The molecule has 0 saturated heterocycles. The minimum atomic E-state index is -3.78. The zero-order valence-corrected chi connectivity index (χ0v) is 14.6. The zero-order chi connectivity index (χ0) is 18.0. The van der Waals surface area contributed by atoms with Crippen molar-refractivity contribution >= 4 is 27.3 Å². The average Bonchev–Trinajstić information content (AvgIpc) is 2.33. The number of benzene rings is 1. The van der Waals surface area contributed by atoms with Crippen molar-refractivity contribution in [1.29, 1.82) is 0 Å². The summed E-state index contributed by atoms with van der Waals surface area (Å²) in [4.78, 5) is 22.4. The van der Waals surface area contributed by atoms with Crippen molar-refractivity contribution in [2.75, 3.05) is 17.1 Å². The van der Waals surface area contributed by atoms with E-state index < -0.39 is 32.9 Å². The molecule has 1 rings (SSSR count). The van der Waals surface area contributed by atoms with Crippen LogP contribution in [0.25, 0.3) is 0 Å². The van der Waals surface area contributed by atoms with Gasteiger partial charge in [-0.15, -0.1) is 0 Å². The number of carbonyl (C=O) groups excluding carboxylic acids is 1. The van der Waals surface area contributed by atoms with Gasteiger partial charge in [0.2, 0.25) is 15.9 Å².